The summed E-state index contributed by atoms with van der Waals surface area (Å²) in [6, 6.07) is 3.14. The van der Waals surface area contributed by atoms with E-state index in [1.165, 1.54) is 11.3 Å². The number of hydrogen-bond donors (Lipinski definition) is 2. The lowest BCUT2D eigenvalue weighted by Crippen LogP contribution is -2.30. The number of rotatable bonds is 6. The number of carbonyl (C=O) groups is 1. The number of carboxylic acids is 1. The molecule has 0 radical (unpaired) electrons. The van der Waals surface area contributed by atoms with Crippen LogP contribution in [0, 0.1) is 6.92 Å². The van der Waals surface area contributed by atoms with Gasteiger partial charge >= 0.3 is 5.97 Å². The van der Waals surface area contributed by atoms with Crippen LogP contribution in [0.3, 0.4) is 0 Å². The van der Waals surface area contributed by atoms with Crippen LogP contribution in [0.4, 0.5) is 0 Å². The summed E-state index contributed by atoms with van der Waals surface area (Å²) in [7, 11) is 1.59. The zero-order chi connectivity index (χ0) is 11.3. The summed E-state index contributed by atoms with van der Waals surface area (Å²) in [6.45, 7) is 3.00. The van der Waals surface area contributed by atoms with Crippen molar-refractivity contribution in [2.75, 3.05) is 20.3 Å². The molecule has 0 aliphatic heterocycles. The highest BCUT2D eigenvalue weighted by Crippen LogP contribution is 2.22. The van der Waals surface area contributed by atoms with Crippen LogP contribution >= 0.6 is 11.3 Å². The van der Waals surface area contributed by atoms with Gasteiger partial charge in [-0.25, -0.2) is 0 Å². The van der Waals surface area contributed by atoms with E-state index in [0.717, 1.165) is 9.75 Å². The summed E-state index contributed by atoms with van der Waals surface area (Å²) in [5.74, 6) is -0.854. The van der Waals surface area contributed by atoms with E-state index in [0.29, 0.717) is 13.2 Å². The van der Waals surface area contributed by atoms with Crippen molar-refractivity contribution in [3.8, 4) is 0 Å². The van der Waals surface area contributed by atoms with Crippen LogP contribution in [0.5, 0.6) is 0 Å². The van der Waals surface area contributed by atoms with E-state index in [1.807, 2.05) is 19.1 Å². The summed E-state index contributed by atoms with van der Waals surface area (Å²) >= 11 is 1.50. The maximum absolute atomic E-state index is 11.0. The zero-order valence-electron chi connectivity index (χ0n) is 8.82. The van der Waals surface area contributed by atoms with Crippen molar-refractivity contribution in [3.05, 3.63) is 21.9 Å². The molecule has 0 saturated heterocycles. The lowest BCUT2D eigenvalue weighted by atomic mass is 10.2. The second-order valence-corrected chi connectivity index (χ2v) is 4.49. The van der Waals surface area contributed by atoms with Crippen molar-refractivity contribution in [3.63, 3.8) is 0 Å². The van der Waals surface area contributed by atoms with E-state index in [4.69, 9.17) is 9.84 Å². The van der Waals surface area contributed by atoms with E-state index >= 15 is 0 Å². The number of carboxylic acid groups (broad SMARTS) is 1. The molecule has 1 aromatic rings. The van der Waals surface area contributed by atoms with Crippen LogP contribution in [0.1, 0.15) is 15.8 Å². The number of thiophene rings is 1. The van der Waals surface area contributed by atoms with Gasteiger partial charge in [-0.1, -0.05) is 0 Å². The predicted molar refractivity (Wildman–Crippen MR) is 59.3 cm³/mol. The van der Waals surface area contributed by atoms with Gasteiger partial charge in [-0.2, -0.15) is 0 Å². The molecule has 0 aliphatic rings. The number of methoxy groups -OCH3 is 1. The van der Waals surface area contributed by atoms with Crippen LogP contribution < -0.4 is 5.32 Å². The van der Waals surface area contributed by atoms with Gasteiger partial charge < -0.3 is 9.84 Å². The first-order chi connectivity index (χ1) is 7.15. The van der Waals surface area contributed by atoms with E-state index in [9.17, 15) is 4.79 Å². The first kappa shape index (κ1) is 12.2. The maximum atomic E-state index is 11.0. The molecule has 4 nitrogen and oxygen atoms in total. The zero-order valence-corrected chi connectivity index (χ0v) is 9.63. The minimum atomic E-state index is -0.854. The average Bonchev–Trinajstić information content (AvgIpc) is 2.59. The topological polar surface area (TPSA) is 58.6 Å². The van der Waals surface area contributed by atoms with Crippen LogP contribution in [0.2, 0.25) is 0 Å². The Bertz CT molecular complexity index is 324. The first-order valence-corrected chi connectivity index (χ1v) is 5.48. The highest BCUT2D eigenvalue weighted by Gasteiger charge is 2.20. The Kier molecular flexibility index (Phi) is 4.74. The molecule has 84 valence electrons. The molecule has 1 heterocycles. The molecule has 5 heteroatoms. The third-order valence-electron chi connectivity index (χ3n) is 1.95. The summed E-state index contributed by atoms with van der Waals surface area (Å²) < 4.78 is 4.86. The van der Waals surface area contributed by atoms with Crippen LogP contribution in [0.25, 0.3) is 0 Å². The fraction of sp³-hybridized carbons (Fsp3) is 0.500. The lowest BCUT2D eigenvalue weighted by molar-refractivity contribution is -0.139. The van der Waals surface area contributed by atoms with E-state index in [-0.39, 0.29) is 0 Å². The third kappa shape index (κ3) is 3.62. The number of hydrogen-bond acceptors (Lipinski definition) is 4. The molecule has 0 aliphatic carbocycles. The van der Waals surface area contributed by atoms with Gasteiger partial charge in [0, 0.05) is 23.4 Å². The molecule has 0 bridgehead atoms. The van der Waals surface area contributed by atoms with Crippen LogP contribution in [-0.2, 0) is 9.53 Å². The molecule has 1 aromatic heterocycles. The molecular weight excluding hydrogens is 214 g/mol. The smallest absolute Gasteiger partial charge is 0.326 e. The van der Waals surface area contributed by atoms with Gasteiger partial charge in [0.05, 0.1) is 6.61 Å². The highest BCUT2D eigenvalue weighted by atomic mass is 32.1. The third-order valence-corrected chi connectivity index (χ3v) is 3.01. The number of aliphatic carboxylic acids is 1. The normalized spacial score (nSPS) is 12.7. The van der Waals surface area contributed by atoms with Gasteiger partial charge in [0.2, 0.25) is 0 Å². The Labute approximate surface area is 92.9 Å². The Balaban J connectivity index is 2.62. The second kappa shape index (κ2) is 5.85. The average molecular weight is 229 g/mol. The van der Waals surface area contributed by atoms with E-state index in [2.05, 4.69) is 5.32 Å². The fourth-order valence-electron chi connectivity index (χ4n) is 1.22. The quantitative estimate of drug-likeness (QED) is 0.724. The Morgan fingerprint density at radius 2 is 2.40 bits per heavy atom. The van der Waals surface area contributed by atoms with Gasteiger partial charge in [-0.3, -0.25) is 10.1 Å². The minimum Gasteiger partial charge on any atom is -0.480 e. The molecule has 0 fully saturated rings. The molecule has 0 amide bonds. The van der Waals surface area contributed by atoms with E-state index < -0.39 is 12.0 Å². The van der Waals surface area contributed by atoms with Crippen molar-refractivity contribution >= 4 is 17.3 Å². The number of nitrogens with one attached hydrogen (secondary N) is 1. The molecule has 0 spiro atoms. The monoisotopic (exact) mass is 229 g/mol. The molecule has 0 aromatic carbocycles. The lowest BCUT2D eigenvalue weighted by Gasteiger charge is -2.12. The Hall–Kier alpha value is -0.910. The van der Waals surface area contributed by atoms with Gasteiger partial charge in [0.1, 0.15) is 6.04 Å². The van der Waals surface area contributed by atoms with Gasteiger partial charge in [0.25, 0.3) is 0 Å². The molecule has 15 heavy (non-hydrogen) atoms. The largest absolute Gasteiger partial charge is 0.480 e. The standard InChI is InChI=1S/C10H15NO3S/c1-7-3-4-8(15-7)9(10(12)13)11-5-6-14-2/h3-4,9,11H,5-6H2,1-2H3,(H,12,13). The second-order valence-electron chi connectivity index (χ2n) is 3.17. The van der Waals surface area contributed by atoms with Crippen molar-refractivity contribution in [1.82, 2.24) is 5.32 Å². The SMILES string of the molecule is COCCNC(C(=O)O)c1ccc(C)s1. The fourth-order valence-corrected chi connectivity index (χ4v) is 2.17. The van der Waals surface area contributed by atoms with Crippen LogP contribution in [-0.4, -0.2) is 31.3 Å². The molecule has 1 atom stereocenters. The van der Waals surface area contributed by atoms with Gasteiger partial charge in [-0.15, -0.1) is 11.3 Å². The summed E-state index contributed by atoms with van der Waals surface area (Å²) in [5.41, 5.74) is 0. The van der Waals surface area contributed by atoms with Gasteiger partial charge in [-0.05, 0) is 19.1 Å². The van der Waals surface area contributed by atoms with E-state index in [1.54, 1.807) is 7.11 Å². The summed E-state index contributed by atoms with van der Waals surface area (Å²) in [6.07, 6.45) is 0. The minimum absolute atomic E-state index is 0.508. The van der Waals surface area contributed by atoms with Gasteiger partial charge in [0.15, 0.2) is 0 Å². The van der Waals surface area contributed by atoms with Crippen molar-refractivity contribution in [2.24, 2.45) is 0 Å². The predicted octanol–water partition coefficient (Wildman–Crippen LogP) is 1.42. The number of ether oxygens (including phenoxy) is 1. The molecule has 1 unspecified atom stereocenters. The Morgan fingerprint density at radius 3 is 2.87 bits per heavy atom. The molecule has 0 saturated carbocycles. The van der Waals surface area contributed by atoms with Crippen molar-refractivity contribution in [2.45, 2.75) is 13.0 Å². The highest BCUT2D eigenvalue weighted by molar-refractivity contribution is 7.12. The molecule has 1 rings (SSSR count). The van der Waals surface area contributed by atoms with Crippen LogP contribution in [0.15, 0.2) is 12.1 Å². The maximum Gasteiger partial charge on any atom is 0.326 e. The number of aryl methyl sites for hydroxylation is 1. The first-order valence-electron chi connectivity index (χ1n) is 4.66. The summed E-state index contributed by atoms with van der Waals surface area (Å²) in [4.78, 5) is 13.0. The Morgan fingerprint density at radius 1 is 1.67 bits per heavy atom. The van der Waals surface area contributed by atoms with Crippen molar-refractivity contribution in [1.29, 1.82) is 0 Å². The summed E-state index contributed by atoms with van der Waals surface area (Å²) in [5, 5.41) is 12.0. The molecule has 2 N–H and O–H groups in total. The molecular formula is C10H15NO3S. The van der Waals surface area contributed by atoms with Crippen molar-refractivity contribution < 1.29 is 14.6 Å².